The van der Waals surface area contributed by atoms with E-state index in [9.17, 15) is 24.9 Å². The molecule has 0 fully saturated rings. The van der Waals surface area contributed by atoms with Gasteiger partial charge < -0.3 is 25.4 Å². The molecule has 4 N–H and O–H groups in total. The Bertz CT molecular complexity index is 1090. The van der Waals surface area contributed by atoms with Crippen molar-refractivity contribution in [1.82, 2.24) is 5.32 Å². The summed E-state index contributed by atoms with van der Waals surface area (Å²) in [6.07, 6.45) is 1.30. The van der Waals surface area contributed by atoms with Gasteiger partial charge in [0.2, 0.25) is 0 Å². The molecule has 0 unspecified atom stereocenters. The molecular weight excluding hydrogens is 386 g/mol. The third-order valence-corrected chi connectivity index (χ3v) is 4.13. The van der Waals surface area contributed by atoms with Crippen LogP contribution >= 0.6 is 0 Å². The fourth-order valence-electron chi connectivity index (χ4n) is 2.65. The average Bonchev–Trinajstić information content (AvgIpc) is 2.73. The van der Waals surface area contributed by atoms with E-state index in [2.05, 4.69) is 5.32 Å². The Morgan fingerprint density at radius 3 is 2.33 bits per heavy atom. The molecule has 0 atom stereocenters. The third-order valence-electron chi connectivity index (χ3n) is 4.13. The molecule has 0 aliphatic rings. The fraction of sp³-hybridized carbons (Fsp3) is 0.0435. The van der Waals surface area contributed by atoms with Crippen LogP contribution in [0.1, 0.15) is 21.5 Å². The van der Waals surface area contributed by atoms with Crippen LogP contribution in [0.25, 0.3) is 6.08 Å². The van der Waals surface area contributed by atoms with Crippen molar-refractivity contribution < 1.29 is 29.6 Å². The van der Waals surface area contributed by atoms with Crippen molar-refractivity contribution in [2.75, 3.05) is 0 Å². The molecule has 30 heavy (non-hydrogen) atoms. The smallest absolute Gasteiger partial charge is 0.352 e. The van der Waals surface area contributed by atoms with Gasteiger partial charge in [-0.3, -0.25) is 4.79 Å². The van der Waals surface area contributed by atoms with E-state index in [1.54, 1.807) is 54.6 Å². The molecule has 0 aromatic heterocycles. The van der Waals surface area contributed by atoms with E-state index in [0.717, 1.165) is 5.56 Å². The van der Waals surface area contributed by atoms with Crippen LogP contribution in [0.4, 0.5) is 0 Å². The van der Waals surface area contributed by atoms with E-state index in [1.165, 1.54) is 18.2 Å². The molecule has 3 aromatic carbocycles. The zero-order valence-electron chi connectivity index (χ0n) is 15.8. The number of carbonyl (C=O) groups is 2. The summed E-state index contributed by atoms with van der Waals surface area (Å²) < 4.78 is 5.64. The minimum Gasteiger partial charge on any atom is -0.508 e. The molecule has 0 saturated heterocycles. The molecule has 3 aromatic rings. The Hall–Kier alpha value is -4.26. The molecule has 7 nitrogen and oxygen atoms in total. The van der Waals surface area contributed by atoms with E-state index < -0.39 is 11.9 Å². The van der Waals surface area contributed by atoms with Gasteiger partial charge in [0, 0.05) is 0 Å². The molecule has 1 amide bonds. The van der Waals surface area contributed by atoms with Crippen LogP contribution in [0.2, 0.25) is 0 Å². The lowest BCUT2D eigenvalue weighted by Gasteiger charge is -2.09. The van der Waals surface area contributed by atoms with Gasteiger partial charge in [-0.1, -0.05) is 36.4 Å². The first-order valence-corrected chi connectivity index (χ1v) is 8.97. The van der Waals surface area contributed by atoms with E-state index in [0.29, 0.717) is 11.3 Å². The normalized spacial score (nSPS) is 11.0. The molecule has 0 aliphatic heterocycles. The topological polar surface area (TPSA) is 116 Å². The fourth-order valence-corrected chi connectivity index (χ4v) is 2.65. The first-order chi connectivity index (χ1) is 14.4. The van der Waals surface area contributed by atoms with E-state index >= 15 is 0 Å². The van der Waals surface area contributed by atoms with Crippen LogP contribution in [0.3, 0.4) is 0 Å². The van der Waals surface area contributed by atoms with Crippen molar-refractivity contribution in [1.29, 1.82) is 0 Å². The molecule has 0 saturated carbocycles. The molecule has 0 radical (unpaired) electrons. The number of aliphatic carboxylic acids is 1. The summed E-state index contributed by atoms with van der Waals surface area (Å²) in [6.45, 7) is 0.264. The highest BCUT2D eigenvalue weighted by Crippen LogP contribution is 2.19. The Morgan fingerprint density at radius 1 is 0.933 bits per heavy atom. The van der Waals surface area contributed by atoms with Crippen LogP contribution in [-0.2, 0) is 11.4 Å². The van der Waals surface area contributed by atoms with Crippen molar-refractivity contribution >= 4 is 18.0 Å². The second-order valence-electron chi connectivity index (χ2n) is 6.36. The summed E-state index contributed by atoms with van der Waals surface area (Å²) in [7, 11) is 0. The van der Waals surface area contributed by atoms with Crippen molar-refractivity contribution in [2.24, 2.45) is 0 Å². The lowest BCUT2D eigenvalue weighted by Crippen LogP contribution is -2.27. The number of amides is 1. The first-order valence-electron chi connectivity index (χ1n) is 8.97. The summed E-state index contributed by atoms with van der Waals surface area (Å²) >= 11 is 0. The van der Waals surface area contributed by atoms with Gasteiger partial charge >= 0.3 is 5.97 Å². The highest BCUT2D eigenvalue weighted by molar-refractivity contribution is 6.04. The minimum absolute atomic E-state index is 0.0275. The second kappa shape index (κ2) is 9.29. The Balaban J connectivity index is 1.69. The zero-order valence-corrected chi connectivity index (χ0v) is 15.8. The maximum atomic E-state index is 12.3. The van der Waals surface area contributed by atoms with Gasteiger partial charge in [-0.2, -0.15) is 0 Å². The lowest BCUT2D eigenvalue weighted by molar-refractivity contribution is -0.132. The zero-order chi connectivity index (χ0) is 21.5. The van der Waals surface area contributed by atoms with Gasteiger partial charge in [-0.05, 0) is 53.6 Å². The van der Waals surface area contributed by atoms with Crippen molar-refractivity contribution in [2.45, 2.75) is 6.61 Å². The van der Waals surface area contributed by atoms with Crippen molar-refractivity contribution in [3.8, 4) is 17.2 Å². The molecule has 0 aliphatic carbocycles. The van der Waals surface area contributed by atoms with Crippen LogP contribution in [0, 0.1) is 0 Å². The predicted molar refractivity (Wildman–Crippen MR) is 110 cm³/mol. The number of para-hydroxylation sites is 1. The molecule has 7 heteroatoms. The minimum atomic E-state index is -1.32. The van der Waals surface area contributed by atoms with E-state index in [-0.39, 0.29) is 29.4 Å². The van der Waals surface area contributed by atoms with Crippen LogP contribution < -0.4 is 10.1 Å². The lowest BCUT2D eigenvalue weighted by atomic mass is 10.1. The Kier molecular flexibility index (Phi) is 6.34. The molecule has 0 spiro atoms. The molecule has 0 bridgehead atoms. The van der Waals surface area contributed by atoms with E-state index in [1.807, 2.05) is 6.07 Å². The van der Waals surface area contributed by atoms with Crippen LogP contribution in [0.15, 0.2) is 78.5 Å². The van der Waals surface area contributed by atoms with Gasteiger partial charge in [-0.15, -0.1) is 0 Å². The maximum absolute atomic E-state index is 12.3. The number of nitrogens with one attached hydrogen (secondary N) is 1. The van der Waals surface area contributed by atoms with Crippen molar-refractivity contribution in [3.05, 3.63) is 95.2 Å². The quantitative estimate of drug-likeness (QED) is 0.447. The van der Waals surface area contributed by atoms with E-state index in [4.69, 9.17) is 4.74 Å². The average molecular weight is 405 g/mol. The molecule has 3 rings (SSSR count). The molecule has 0 heterocycles. The third kappa shape index (κ3) is 5.39. The summed E-state index contributed by atoms with van der Waals surface area (Å²) in [5.41, 5.74) is 0.978. The van der Waals surface area contributed by atoms with Gasteiger partial charge in [0.15, 0.2) is 0 Å². The highest BCUT2D eigenvalue weighted by Gasteiger charge is 2.15. The van der Waals surface area contributed by atoms with Gasteiger partial charge in [0.25, 0.3) is 5.91 Å². The van der Waals surface area contributed by atoms with Gasteiger partial charge in [0.1, 0.15) is 29.6 Å². The van der Waals surface area contributed by atoms with Crippen molar-refractivity contribution in [3.63, 3.8) is 0 Å². The summed E-state index contributed by atoms with van der Waals surface area (Å²) in [6, 6.07) is 19.2. The van der Waals surface area contributed by atoms with Crippen LogP contribution in [0.5, 0.6) is 17.2 Å². The van der Waals surface area contributed by atoms with Gasteiger partial charge in [0.05, 0.1) is 5.56 Å². The number of aromatic hydroxyl groups is 2. The SMILES string of the molecule is O=C(O)/C(=C/c1ccc(OCc2cccc(O)c2)cc1)NC(=O)c1ccccc1O. The summed E-state index contributed by atoms with van der Waals surface area (Å²) in [4.78, 5) is 23.8. The number of carboxylic acids is 1. The summed E-state index contributed by atoms with van der Waals surface area (Å²) in [5, 5.41) is 30.9. The number of phenolic OH excluding ortho intramolecular Hbond substituents is 2. The number of hydrogen-bond acceptors (Lipinski definition) is 5. The number of benzene rings is 3. The Labute approximate surface area is 172 Å². The first kappa shape index (κ1) is 20.5. The molecular formula is C23H19NO6. The predicted octanol–water partition coefficient (Wildman–Crippen LogP) is 3.53. The number of hydrogen-bond donors (Lipinski definition) is 4. The monoisotopic (exact) mass is 405 g/mol. The van der Waals surface area contributed by atoms with Gasteiger partial charge in [-0.25, -0.2) is 4.79 Å². The second-order valence-corrected chi connectivity index (χ2v) is 6.36. The maximum Gasteiger partial charge on any atom is 0.352 e. The van der Waals surface area contributed by atoms with Crippen LogP contribution in [-0.4, -0.2) is 27.2 Å². The Morgan fingerprint density at radius 2 is 1.67 bits per heavy atom. The standard InChI is InChI=1S/C23H19NO6/c25-17-5-3-4-16(12-17)14-30-18-10-8-15(9-11-18)13-20(23(28)29)24-22(27)19-6-1-2-7-21(19)26/h1-13,25-26H,14H2,(H,24,27)(H,28,29)/b20-13-. The number of phenols is 2. The number of carbonyl (C=O) groups excluding carboxylic acids is 1. The molecule has 152 valence electrons. The largest absolute Gasteiger partial charge is 0.508 e. The summed E-state index contributed by atoms with van der Waals surface area (Å²) in [5.74, 6) is -1.57. The highest BCUT2D eigenvalue weighted by atomic mass is 16.5. The number of ether oxygens (including phenoxy) is 1. The number of carboxylic acid groups (broad SMARTS) is 1. The number of rotatable bonds is 7.